The molecule has 0 saturated carbocycles. The van der Waals surface area contributed by atoms with E-state index in [1.807, 2.05) is 6.92 Å². The van der Waals surface area contributed by atoms with E-state index in [1.165, 1.54) is 0 Å². The first kappa shape index (κ1) is 19.6. The maximum absolute atomic E-state index is 12.4. The molecule has 0 bridgehead atoms. The first-order valence-electron chi connectivity index (χ1n) is 8.88. The van der Waals surface area contributed by atoms with Crippen LogP contribution in [0.3, 0.4) is 0 Å². The highest BCUT2D eigenvalue weighted by atomic mass is 35.5. The molecule has 0 saturated heterocycles. The molecular weight excluding hydrogens is 380 g/mol. The molecule has 7 heteroatoms. The molecule has 3 rings (SSSR count). The van der Waals surface area contributed by atoms with Gasteiger partial charge in [-0.3, -0.25) is 4.79 Å². The summed E-state index contributed by atoms with van der Waals surface area (Å²) in [5.74, 6) is -0.329. The van der Waals surface area contributed by atoms with Gasteiger partial charge in [0.1, 0.15) is 0 Å². The van der Waals surface area contributed by atoms with Gasteiger partial charge in [0.05, 0.1) is 12.2 Å². The van der Waals surface area contributed by atoms with Crippen LogP contribution < -0.4 is 5.32 Å². The third-order valence-corrected chi connectivity index (χ3v) is 4.23. The molecule has 0 atom stereocenters. The van der Waals surface area contributed by atoms with Gasteiger partial charge in [-0.15, -0.1) is 0 Å². The maximum atomic E-state index is 12.4. The van der Waals surface area contributed by atoms with Gasteiger partial charge >= 0.3 is 5.97 Å². The number of rotatable bonds is 7. The molecule has 0 unspecified atom stereocenters. The van der Waals surface area contributed by atoms with E-state index in [2.05, 4.69) is 10.5 Å². The van der Waals surface area contributed by atoms with Crippen molar-refractivity contribution in [2.45, 2.75) is 19.8 Å². The summed E-state index contributed by atoms with van der Waals surface area (Å²) in [6.07, 6.45) is 1.79. The fraction of sp³-hybridized carbons (Fsp3) is 0.190. The molecule has 1 heterocycles. The summed E-state index contributed by atoms with van der Waals surface area (Å²) >= 11 is 5.87. The van der Waals surface area contributed by atoms with Crippen LogP contribution in [0.4, 0.5) is 5.69 Å². The Hall–Kier alpha value is -3.12. The Bertz CT molecular complexity index is 949. The number of benzene rings is 2. The third kappa shape index (κ3) is 4.98. The summed E-state index contributed by atoms with van der Waals surface area (Å²) in [5.41, 5.74) is 1.88. The number of halogens is 1. The lowest BCUT2D eigenvalue weighted by atomic mass is 10.1. The molecule has 0 aliphatic heterocycles. The van der Waals surface area contributed by atoms with E-state index < -0.39 is 5.91 Å². The topological polar surface area (TPSA) is 81.4 Å². The summed E-state index contributed by atoms with van der Waals surface area (Å²) in [6, 6.07) is 15.0. The zero-order chi connectivity index (χ0) is 19.9. The third-order valence-electron chi connectivity index (χ3n) is 3.98. The van der Waals surface area contributed by atoms with E-state index >= 15 is 0 Å². The summed E-state index contributed by atoms with van der Waals surface area (Å²) in [4.78, 5) is 24.3. The highest BCUT2D eigenvalue weighted by Crippen LogP contribution is 2.22. The molecule has 3 aromatic rings. The number of nitrogens with zero attached hydrogens (tertiary/aromatic N) is 1. The number of carbonyl (C=O) groups excluding carboxylic acids is 2. The van der Waals surface area contributed by atoms with Crippen molar-refractivity contribution in [3.63, 3.8) is 0 Å². The number of amides is 1. The molecule has 0 fully saturated rings. The van der Waals surface area contributed by atoms with Crippen LogP contribution >= 0.6 is 11.6 Å². The van der Waals surface area contributed by atoms with Crippen LogP contribution in [0, 0.1) is 0 Å². The second-order valence-electron chi connectivity index (χ2n) is 6.10. The number of hydrogen-bond donors (Lipinski definition) is 1. The van der Waals surface area contributed by atoms with Crippen LogP contribution in [0.15, 0.2) is 59.1 Å². The number of unbranched alkanes of at least 4 members (excludes halogenated alkanes) is 1. The second-order valence-corrected chi connectivity index (χ2v) is 6.54. The SMILES string of the molecule is CCCCOC(=O)c1ccc(NC(=O)c2cc(-c3ccc(Cl)cc3)on2)cc1. The van der Waals surface area contributed by atoms with Crippen molar-refractivity contribution < 1.29 is 18.8 Å². The first-order chi connectivity index (χ1) is 13.6. The summed E-state index contributed by atoms with van der Waals surface area (Å²) in [7, 11) is 0. The van der Waals surface area contributed by atoms with Crippen LogP contribution in [0.25, 0.3) is 11.3 Å². The van der Waals surface area contributed by atoms with E-state index in [9.17, 15) is 9.59 Å². The number of carbonyl (C=O) groups is 2. The molecule has 6 nitrogen and oxygen atoms in total. The summed E-state index contributed by atoms with van der Waals surface area (Å²) < 4.78 is 10.4. The number of ether oxygens (including phenoxy) is 1. The van der Waals surface area contributed by atoms with Gasteiger partial charge < -0.3 is 14.6 Å². The van der Waals surface area contributed by atoms with Crippen LogP contribution in [-0.4, -0.2) is 23.6 Å². The van der Waals surface area contributed by atoms with Crippen molar-refractivity contribution in [1.29, 1.82) is 0 Å². The molecule has 1 amide bonds. The normalized spacial score (nSPS) is 10.5. The van der Waals surface area contributed by atoms with Crippen molar-refractivity contribution in [2.24, 2.45) is 0 Å². The Morgan fingerprint density at radius 1 is 1.11 bits per heavy atom. The Morgan fingerprint density at radius 3 is 2.50 bits per heavy atom. The van der Waals surface area contributed by atoms with Gasteiger partial charge in [-0.1, -0.05) is 30.1 Å². The largest absolute Gasteiger partial charge is 0.462 e. The summed E-state index contributed by atoms with van der Waals surface area (Å²) in [5, 5.41) is 7.13. The monoisotopic (exact) mass is 398 g/mol. The Labute approximate surface area is 167 Å². The number of hydrogen-bond acceptors (Lipinski definition) is 5. The second kappa shape index (κ2) is 9.19. The van der Waals surface area contributed by atoms with Crippen LogP contribution in [0.2, 0.25) is 5.02 Å². The van der Waals surface area contributed by atoms with Gasteiger partial charge in [0.25, 0.3) is 5.91 Å². The standard InChI is InChI=1S/C21H19ClN2O4/c1-2-3-12-27-21(26)15-6-10-17(11-7-15)23-20(25)18-13-19(28-24-18)14-4-8-16(22)9-5-14/h4-11,13H,2-3,12H2,1H3,(H,23,25). The highest BCUT2D eigenvalue weighted by molar-refractivity contribution is 6.30. The first-order valence-corrected chi connectivity index (χ1v) is 9.26. The number of nitrogens with one attached hydrogen (secondary N) is 1. The van der Waals surface area contributed by atoms with Gasteiger partial charge in [0.15, 0.2) is 11.5 Å². The molecule has 144 valence electrons. The lowest BCUT2D eigenvalue weighted by molar-refractivity contribution is 0.0499. The maximum Gasteiger partial charge on any atom is 0.338 e. The number of anilines is 1. The van der Waals surface area contributed by atoms with Crippen molar-refractivity contribution in [2.75, 3.05) is 11.9 Å². The van der Waals surface area contributed by atoms with E-state index in [-0.39, 0.29) is 11.7 Å². The Morgan fingerprint density at radius 2 is 1.82 bits per heavy atom. The van der Waals surface area contributed by atoms with Gasteiger partial charge in [0.2, 0.25) is 0 Å². The van der Waals surface area contributed by atoms with Gasteiger partial charge in [0, 0.05) is 22.3 Å². The Balaban J connectivity index is 1.62. The van der Waals surface area contributed by atoms with Crippen molar-refractivity contribution in [3.05, 3.63) is 70.9 Å². The quantitative estimate of drug-likeness (QED) is 0.436. The minimum absolute atomic E-state index is 0.146. The zero-order valence-corrected chi connectivity index (χ0v) is 16.0. The zero-order valence-electron chi connectivity index (χ0n) is 15.3. The van der Waals surface area contributed by atoms with E-state index in [1.54, 1.807) is 54.6 Å². The fourth-order valence-electron chi connectivity index (χ4n) is 2.41. The predicted octanol–water partition coefficient (Wildman–Crippen LogP) is 5.20. The molecule has 0 radical (unpaired) electrons. The molecule has 1 N–H and O–H groups in total. The van der Waals surface area contributed by atoms with E-state index in [4.69, 9.17) is 20.9 Å². The summed E-state index contributed by atoms with van der Waals surface area (Å²) in [6.45, 7) is 2.43. The predicted molar refractivity (Wildman–Crippen MR) is 107 cm³/mol. The van der Waals surface area contributed by atoms with Crippen molar-refractivity contribution in [3.8, 4) is 11.3 Å². The lowest BCUT2D eigenvalue weighted by Crippen LogP contribution is -2.12. The number of aromatic nitrogens is 1. The molecule has 1 aromatic heterocycles. The minimum atomic E-state index is -0.415. The molecule has 28 heavy (non-hydrogen) atoms. The molecule has 0 aliphatic carbocycles. The molecule has 2 aromatic carbocycles. The Kier molecular flexibility index (Phi) is 6.45. The van der Waals surface area contributed by atoms with E-state index in [0.29, 0.717) is 28.6 Å². The molecule has 0 aliphatic rings. The average molecular weight is 399 g/mol. The smallest absolute Gasteiger partial charge is 0.338 e. The minimum Gasteiger partial charge on any atom is -0.462 e. The van der Waals surface area contributed by atoms with E-state index in [0.717, 1.165) is 18.4 Å². The molecular formula is C21H19ClN2O4. The van der Waals surface area contributed by atoms with Crippen LogP contribution in [-0.2, 0) is 4.74 Å². The fourth-order valence-corrected chi connectivity index (χ4v) is 2.54. The van der Waals surface area contributed by atoms with Crippen LogP contribution in [0.1, 0.15) is 40.6 Å². The van der Waals surface area contributed by atoms with Crippen LogP contribution in [0.5, 0.6) is 0 Å². The molecule has 0 spiro atoms. The average Bonchev–Trinajstić information content (AvgIpc) is 3.19. The van der Waals surface area contributed by atoms with Gasteiger partial charge in [-0.05, 0) is 55.0 Å². The number of esters is 1. The van der Waals surface area contributed by atoms with Gasteiger partial charge in [-0.2, -0.15) is 0 Å². The highest BCUT2D eigenvalue weighted by Gasteiger charge is 2.14. The van der Waals surface area contributed by atoms with Crippen molar-refractivity contribution >= 4 is 29.2 Å². The lowest BCUT2D eigenvalue weighted by Gasteiger charge is -2.06. The van der Waals surface area contributed by atoms with Crippen molar-refractivity contribution in [1.82, 2.24) is 5.16 Å². The van der Waals surface area contributed by atoms with Gasteiger partial charge in [-0.25, -0.2) is 4.79 Å².